The molecular formula is C18H15Cl2NO4. The summed E-state index contributed by atoms with van der Waals surface area (Å²) in [4.78, 5) is 17.5. The highest BCUT2D eigenvalue weighted by molar-refractivity contribution is 6.36. The van der Waals surface area contributed by atoms with Crippen molar-refractivity contribution in [2.24, 2.45) is 0 Å². The first-order chi connectivity index (χ1) is 12.1. The number of hydrogen-bond donors (Lipinski definition) is 1. The average Bonchev–Trinajstić information content (AvgIpc) is 3.09. The van der Waals surface area contributed by atoms with Gasteiger partial charge in [-0.25, -0.2) is 4.79 Å². The van der Waals surface area contributed by atoms with E-state index < -0.39 is 12.1 Å². The van der Waals surface area contributed by atoms with E-state index in [2.05, 4.69) is 5.48 Å². The molecule has 0 saturated carbocycles. The van der Waals surface area contributed by atoms with Gasteiger partial charge in [-0.2, -0.15) is 0 Å². The lowest BCUT2D eigenvalue weighted by atomic mass is 10.1. The number of halogens is 2. The van der Waals surface area contributed by atoms with Gasteiger partial charge in [-0.3, -0.25) is 10.3 Å². The Bertz CT molecular complexity index is 805. The van der Waals surface area contributed by atoms with Crippen molar-refractivity contribution >= 4 is 34.9 Å². The van der Waals surface area contributed by atoms with Crippen LogP contribution in [0.5, 0.6) is 5.75 Å². The number of rotatable bonds is 5. The van der Waals surface area contributed by atoms with E-state index >= 15 is 0 Å². The van der Waals surface area contributed by atoms with Crippen LogP contribution in [0.3, 0.4) is 0 Å². The molecule has 2 aromatic carbocycles. The van der Waals surface area contributed by atoms with Gasteiger partial charge in [-0.1, -0.05) is 23.2 Å². The molecule has 0 aromatic heterocycles. The molecule has 3 rings (SSSR count). The summed E-state index contributed by atoms with van der Waals surface area (Å²) >= 11 is 11.8. The molecule has 0 fully saturated rings. The minimum atomic E-state index is -0.531. The van der Waals surface area contributed by atoms with E-state index in [0.29, 0.717) is 5.02 Å². The fourth-order valence-electron chi connectivity index (χ4n) is 2.29. The van der Waals surface area contributed by atoms with Gasteiger partial charge in [-0.15, -0.1) is 0 Å². The van der Waals surface area contributed by atoms with Crippen molar-refractivity contribution in [1.82, 2.24) is 5.48 Å². The van der Waals surface area contributed by atoms with E-state index in [0.717, 1.165) is 17.0 Å². The lowest BCUT2D eigenvalue weighted by Crippen LogP contribution is -2.20. The predicted molar refractivity (Wildman–Crippen MR) is 95.7 cm³/mol. The van der Waals surface area contributed by atoms with Gasteiger partial charge in [0.05, 0.1) is 23.4 Å². The zero-order valence-corrected chi connectivity index (χ0v) is 14.8. The zero-order valence-electron chi connectivity index (χ0n) is 13.3. The van der Waals surface area contributed by atoms with Gasteiger partial charge >= 0.3 is 5.97 Å². The Morgan fingerprint density at radius 1 is 1.20 bits per heavy atom. The first-order valence-corrected chi connectivity index (χ1v) is 8.22. The SMILES string of the molecule is COc1ccc(C2=C[C@@H](COC(=O)c3ccc(Cl)cc3Cl)ON2)cc1. The lowest BCUT2D eigenvalue weighted by molar-refractivity contribution is -0.00352. The van der Waals surface area contributed by atoms with Gasteiger partial charge < -0.3 is 9.47 Å². The molecule has 0 aliphatic carbocycles. The van der Waals surface area contributed by atoms with Crippen molar-refractivity contribution in [2.75, 3.05) is 13.7 Å². The summed E-state index contributed by atoms with van der Waals surface area (Å²) in [5, 5.41) is 0.703. The molecule has 7 heteroatoms. The molecule has 1 heterocycles. The number of esters is 1. The Morgan fingerprint density at radius 3 is 2.64 bits per heavy atom. The summed E-state index contributed by atoms with van der Waals surface area (Å²) in [7, 11) is 1.61. The average molecular weight is 380 g/mol. The first kappa shape index (κ1) is 17.6. The fourth-order valence-corrected chi connectivity index (χ4v) is 2.78. The van der Waals surface area contributed by atoms with Crippen LogP contribution in [0.2, 0.25) is 10.0 Å². The van der Waals surface area contributed by atoms with E-state index in [4.69, 9.17) is 37.5 Å². The molecule has 25 heavy (non-hydrogen) atoms. The molecule has 0 spiro atoms. The lowest BCUT2D eigenvalue weighted by Gasteiger charge is -2.09. The second-order valence-electron chi connectivity index (χ2n) is 5.29. The minimum absolute atomic E-state index is 0.0600. The van der Waals surface area contributed by atoms with E-state index in [-0.39, 0.29) is 17.2 Å². The van der Waals surface area contributed by atoms with Crippen molar-refractivity contribution in [2.45, 2.75) is 6.10 Å². The molecule has 0 radical (unpaired) electrons. The molecule has 5 nitrogen and oxygen atoms in total. The van der Waals surface area contributed by atoms with Crippen LogP contribution in [0.1, 0.15) is 15.9 Å². The topological polar surface area (TPSA) is 56.8 Å². The van der Waals surface area contributed by atoms with Gasteiger partial charge in [0.25, 0.3) is 0 Å². The molecule has 0 bridgehead atoms. The van der Waals surface area contributed by atoms with E-state index in [1.54, 1.807) is 13.2 Å². The molecule has 1 aliphatic heterocycles. The Kier molecular flexibility index (Phi) is 5.48. The van der Waals surface area contributed by atoms with Crippen LogP contribution in [0, 0.1) is 0 Å². The Labute approximate surface area is 155 Å². The maximum Gasteiger partial charge on any atom is 0.339 e. The molecule has 2 aromatic rings. The third-order valence-corrected chi connectivity index (χ3v) is 4.15. The largest absolute Gasteiger partial charge is 0.497 e. The number of carbonyl (C=O) groups excluding carboxylic acids is 1. The quantitative estimate of drug-likeness (QED) is 0.792. The number of carbonyl (C=O) groups is 1. The highest BCUT2D eigenvalue weighted by atomic mass is 35.5. The van der Waals surface area contributed by atoms with Crippen LogP contribution in [-0.2, 0) is 9.57 Å². The summed E-state index contributed by atoms with van der Waals surface area (Å²) in [6.45, 7) is 0.0600. The van der Waals surface area contributed by atoms with Crippen LogP contribution >= 0.6 is 23.2 Å². The van der Waals surface area contributed by atoms with E-state index in [1.165, 1.54) is 12.1 Å². The summed E-state index contributed by atoms with van der Waals surface area (Å²) in [5.74, 6) is 0.241. The number of hydrogen-bond acceptors (Lipinski definition) is 5. The number of methoxy groups -OCH3 is 1. The van der Waals surface area contributed by atoms with Gasteiger partial charge in [0.15, 0.2) is 0 Å². The van der Waals surface area contributed by atoms with Gasteiger partial charge in [0.1, 0.15) is 18.5 Å². The molecule has 130 valence electrons. The van der Waals surface area contributed by atoms with Crippen LogP contribution < -0.4 is 10.2 Å². The van der Waals surface area contributed by atoms with Crippen LogP contribution in [0.4, 0.5) is 0 Å². The Hall–Kier alpha value is -2.21. The van der Waals surface area contributed by atoms with Crippen molar-refractivity contribution in [3.63, 3.8) is 0 Å². The molecular weight excluding hydrogens is 365 g/mol. The molecule has 1 atom stereocenters. The maximum atomic E-state index is 12.1. The molecule has 1 aliphatic rings. The van der Waals surface area contributed by atoms with Gasteiger partial charge in [0.2, 0.25) is 0 Å². The maximum absolute atomic E-state index is 12.1. The standard InChI is InChI=1S/C18H15Cl2NO4/c1-23-13-5-2-11(3-6-13)17-9-14(25-21-17)10-24-18(22)15-7-4-12(19)8-16(15)20/h2-9,14,21H,10H2,1H3/t14-/m0/s1. The predicted octanol–water partition coefficient (Wildman–Crippen LogP) is 4.10. The highest BCUT2D eigenvalue weighted by Crippen LogP contribution is 2.23. The number of nitrogens with one attached hydrogen (secondary N) is 1. The third-order valence-electron chi connectivity index (χ3n) is 3.60. The highest BCUT2D eigenvalue weighted by Gasteiger charge is 2.20. The van der Waals surface area contributed by atoms with Gasteiger partial charge in [-0.05, 0) is 54.1 Å². The summed E-state index contributed by atoms with van der Waals surface area (Å²) < 4.78 is 10.4. The van der Waals surface area contributed by atoms with E-state index in [1.807, 2.05) is 30.3 Å². The summed E-state index contributed by atoms with van der Waals surface area (Å²) in [6, 6.07) is 12.1. The minimum Gasteiger partial charge on any atom is -0.497 e. The Morgan fingerprint density at radius 2 is 1.96 bits per heavy atom. The second kappa shape index (κ2) is 7.78. The number of hydroxylamine groups is 1. The number of ether oxygens (including phenoxy) is 2. The zero-order chi connectivity index (χ0) is 17.8. The van der Waals surface area contributed by atoms with Crippen molar-refractivity contribution < 1.29 is 19.1 Å². The molecule has 0 amide bonds. The number of benzene rings is 2. The molecule has 0 unspecified atom stereocenters. The Balaban J connectivity index is 1.60. The van der Waals surface area contributed by atoms with Gasteiger partial charge in [0, 0.05) is 5.02 Å². The van der Waals surface area contributed by atoms with Crippen LogP contribution in [0.25, 0.3) is 5.70 Å². The smallest absolute Gasteiger partial charge is 0.339 e. The second-order valence-corrected chi connectivity index (χ2v) is 6.13. The summed E-state index contributed by atoms with van der Waals surface area (Å²) in [5.41, 5.74) is 4.83. The van der Waals surface area contributed by atoms with Crippen LogP contribution in [-0.4, -0.2) is 25.8 Å². The molecule has 1 N–H and O–H groups in total. The van der Waals surface area contributed by atoms with Crippen molar-refractivity contribution in [1.29, 1.82) is 0 Å². The fraction of sp³-hybridized carbons (Fsp3) is 0.167. The van der Waals surface area contributed by atoms with E-state index in [9.17, 15) is 4.79 Å². The molecule has 0 saturated heterocycles. The van der Waals surface area contributed by atoms with Crippen molar-refractivity contribution in [3.8, 4) is 5.75 Å². The normalized spacial score (nSPS) is 16.1. The summed E-state index contributed by atoms with van der Waals surface area (Å²) in [6.07, 6.45) is 1.45. The monoisotopic (exact) mass is 379 g/mol. The van der Waals surface area contributed by atoms with Crippen molar-refractivity contribution in [3.05, 3.63) is 69.7 Å². The first-order valence-electron chi connectivity index (χ1n) is 7.47. The third kappa shape index (κ3) is 4.25. The van der Waals surface area contributed by atoms with Crippen LogP contribution in [0.15, 0.2) is 48.5 Å².